The molecule has 5 heteroatoms. The highest BCUT2D eigenvalue weighted by Gasteiger charge is 2.51. The Morgan fingerprint density at radius 1 is 1.30 bits per heavy atom. The van der Waals surface area contributed by atoms with E-state index >= 15 is 0 Å². The second kappa shape index (κ2) is 4.90. The highest BCUT2D eigenvalue weighted by atomic mass is 16.5. The molecule has 2 atom stereocenters. The van der Waals surface area contributed by atoms with Crippen LogP contribution in [0.15, 0.2) is 24.3 Å². The number of nitrogens with zero attached hydrogens (tertiary/aromatic N) is 2. The van der Waals surface area contributed by atoms with Crippen molar-refractivity contribution in [2.24, 2.45) is 0 Å². The molecule has 3 amide bonds. The Hall–Kier alpha value is -1.88. The number of aryl methyl sites for hydroxylation is 1. The maximum Gasteiger partial charge on any atom is 0.332 e. The quantitative estimate of drug-likeness (QED) is 0.790. The number of hydrogen-bond donors (Lipinski definition) is 0. The van der Waals surface area contributed by atoms with Crippen molar-refractivity contribution < 1.29 is 14.3 Å². The fourth-order valence-corrected chi connectivity index (χ4v) is 3.04. The molecule has 2 fully saturated rings. The van der Waals surface area contributed by atoms with Crippen molar-refractivity contribution in [3.63, 3.8) is 0 Å². The van der Waals surface area contributed by atoms with Gasteiger partial charge in [0, 0.05) is 20.1 Å². The van der Waals surface area contributed by atoms with Crippen molar-refractivity contribution in [3.8, 4) is 0 Å². The van der Waals surface area contributed by atoms with E-state index in [1.54, 1.807) is 12.0 Å². The van der Waals surface area contributed by atoms with Gasteiger partial charge in [0.2, 0.25) is 0 Å². The zero-order valence-electron chi connectivity index (χ0n) is 11.7. The van der Waals surface area contributed by atoms with E-state index in [1.807, 2.05) is 31.2 Å². The Morgan fingerprint density at radius 3 is 2.70 bits per heavy atom. The maximum absolute atomic E-state index is 12.5. The molecule has 0 unspecified atom stereocenters. The Bertz CT molecular complexity index is 534. The van der Waals surface area contributed by atoms with Gasteiger partial charge in [-0.3, -0.25) is 4.79 Å². The zero-order valence-corrected chi connectivity index (χ0v) is 11.7. The Balaban J connectivity index is 1.94. The Labute approximate surface area is 118 Å². The number of ether oxygens (including phenoxy) is 1. The van der Waals surface area contributed by atoms with Gasteiger partial charge in [-0.1, -0.05) is 25.1 Å². The number of amides is 3. The zero-order chi connectivity index (χ0) is 14.3. The summed E-state index contributed by atoms with van der Waals surface area (Å²) < 4.78 is 5.27. The topological polar surface area (TPSA) is 49.9 Å². The van der Waals surface area contributed by atoms with E-state index in [-0.39, 0.29) is 24.1 Å². The van der Waals surface area contributed by atoms with Gasteiger partial charge >= 0.3 is 6.03 Å². The fourth-order valence-electron chi connectivity index (χ4n) is 3.04. The average molecular weight is 274 g/mol. The minimum absolute atomic E-state index is 0.0310. The van der Waals surface area contributed by atoms with Gasteiger partial charge in [-0.05, 0) is 18.1 Å². The predicted molar refractivity (Wildman–Crippen MR) is 74.6 cm³/mol. The SMILES string of the molecule is CCc1ccccc1N1C(=O)[C@@H]2C[C@@H](OC)CN2C1=O. The third-order valence-corrected chi connectivity index (χ3v) is 4.15. The summed E-state index contributed by atoms with van der Waals surface area (Å²) in [5.41, 5.74) is 1.73. The van der Waals surface area contributed by atoms with E-state index in [4.69, 9.17) is 4.74 Å². The first-order valence-corrected chi connectivity index (χ1v) is 6.92. The number of methoxy groups -OCH3 is 1. The molecule has 0 saturated carbocycles. The number of benzene rings is 1. The minimum Gasteiger partial charge on any atom is -0.380 e. The summed E-state index contributed by atoms with van der Waals surface area (Å²) in [7, 11) is 1.62. The van der Waals surface area contributed by atoms with Crippen LogP contribution >= 0.6 is 0 Å². The van der Waals surface area contributed by atoms with E-state index < -0.39 is 0 Å². The first-order chi connectivity index (χ1) is 9.67. The van der Waals surface area contributed by atoms with Gasteiger partial charge in [0.25, 0.3) is 5.91 Å². The molecule has 2 heterocycles. The van der Waals surface area contributed by atoms with Crippen LogP contribution in [0.25, 0.3) is 0 Å². The lowest BCUT2D eigenvalue weighted by Crippen LogP contribution is -2.35. The van der Waals surface area contributed by atoms with Gasteiger partial charge in [-0.15, -0.1) is 0 Å². The molecule has 0 N–H and O–H groups in total. The summed E-state index contributed by atoms with van der Waals surface area (Å²) in [6, 6.07) is 6.99. The number of hydrogen-bond acceptors (Lipinski definition) is 3. The van der Waals surface area contributed by atoms with Gasteiger partial charge in [-0.25, -0.2) is 9.69 Å². The molecule has 1 aromatic carbocycles. The number of para-hydroxylation sites is 1. The summed E-state index contributed by atoms with van der Waals surface area (Å²) in [6.07, 6.45) is 1.35. The van der Waals surface area contributed by atoms with Crippen LogP contribution in [0.2, 0.25) is 0 Å². The van der Waals surface area contributed by atoms with Crippen LogP contribution in [0, 0.1) is 0 Å². The number of urea groups is 1. The van der Waals surface area contributed by atoms with Gasteiger partial charge in [0.15, 0.2) is 0 Å². The van der Waals surface area contributed by atoms with E-state index in [1.165, 1.54) is 4.90 Å². The van der Waals surface area contributed by atoms with Crippen molar-refractivity contribution in [1.29, 1.82) is 0 Å². The number of carbonyl (C=O) groups excluding carboxylic acids is 2. The third kappa shape index (κ3) is 1.81. The lowest BCUT2D eigenvalue weighted by atomic mass is 10.1. The second-order valence-electron chi connectivity index (χ2n) is 5.20. The first kappa shape index (κ1) is 13.1. The first-order valence-electron chi connectivity index (χ1n) is 6.92. The molecule has 106 valence electrons. The number of anilines is 1. The smallest absolute Gasteiger partial charge is 0.332 e. The summed E-state index contributed by atoms with van der Waals surface area (Å²) in [5, 5.41) is 0. The van der Waals surface area contributed by atoms with Crippen molar-refractivity contribution in [3.05, 3.63) is 29.8 Å². The van der Waals surface area contributed by atoms with Crippen LogP contribution in [0.3, 0.4) is 0 Å². The predicted octanol–water partition coefficient (Wildman–Crippen LogP) is 1.80. The van der Waals surface area contributed by atoms with Crippen LogP contribution in [0.1, 0.15) is 18.9 Å². The monoisotopic (exact) mass is 274 g/mol. The third-order valence-electron chi connectivity index (χ3n) is 4.15. The van der Waals surface area contributed by atoms with Crippen molar-refractivity contribution in [2.45, 2.75) is 31.9 Å². The van der Waals surface area contributed by atoms with Crippen molar-refractivity contribution in [2.75, 3.05) is 18.6 Å². The molecule has 2 saturated heterocycles. The molecular weight excluding hydrogens is 256 g/mol. The summed E-state index contributed by atoms with van der Waals surface area (Å²) in [6.45, 7) is 2.52. The number of carbonyl (C=O) groups is 2. The minimum atomic E-state index is -0.364. The molecule has 2 aliphatic rings. The molecule has 0 bridgehead atoms. The number of fused-ring (bicyclic) bond motifs is 1. The van der Waals surface area contributed by atoms with E-state index in [9.17, 15) is 9.59 Å². The molecule has 3 rings (SSSR count). The average Bonchev–Trinajstić information content (AvgIpc) is 3.00. The summed E-state index contributed by atoms with van der Waals surface area (Å²) >= 11 is 0. The second-order valence-corrected chi connectivity index (χ2v) is 5.20. The van der Waals surface area contributed by atoms with Crippen LogP contribution in [-0.4, -0.2) is 42.6 Å². The highest BCUT2D eigenvalue weighted by molar-refractivity contribution is 6.22. The van der Waals surface area contributed by atoms with Crippen LogP contribution in [0.4, 0.5) is 10.5 Å². The van der Waals surface area contributed by atoms with Gasteiger partial charge < -0.3 is 9.64 Å². The molecule has 1 aromatic rings. The summed E-state index contributed by atoms with van der Waals surface area (Å²) in [4.78, 5) is 28.0. The Kier molecular flexibility index (Phi) is 3.22. The highest BCUT2D eigenvalue weighted by Crippen LogP contribution is 2.33. The van der Waals surface area contributed by atoms with Crippen LogP contribution in [-0.2, 0) is 16.0 Å². The standard InChI is InChI=1S/C15H18N2O3/c1-3-10-6-4-5-7-12(10)17-14(18)13-8-11(20-2)9-16(13)15(17)19/h4-7,11,13H,3,8-9H2,1-2H3/t11-,13+/m1/s1. The Morgan fingerprint density at radius 2 is 2.05 bits per heavy atom. The van der Waals surface area contributed by atoms with E-state index in [0.717, 1.165) is 12.0 Å². The van der Waals surface area contributed by atoms with Crippen LogP contribution in [0.5, 0.6) is 0 Å². The molecule has 0 aromatic heterocycles. The van der Waals surface area contributed by atoms with E-state index in [2.05, 4.69) is 0 Å². The van der Waals surface area contributed by atoms with Crippen LogP contribution < -0.4 is 4.90 Å². The van der Waals surface area contributed by atoms with Gasteiger partial charge in [-0.2, -0.15) is 0 Å². The summed E-state index contributed by atoms with van der Waals surface area (Å²) in [5.74, 6) is -0.129. The van der Waals surface area contributed by atoms with Gasteiger partial charge in [0.1, 0.15) is 6.04 Å². The lowest BCUT2D eigenvalue weighted by molar-refractivity contribution is -0.119. The lowest BCUT2D eigenvalue weighted by Gasteiger charge is -2.19. The maximum atomic E-state index is 12.5. The largest absolute Gasteiger partial charge is 0.380 e. The van der Waals surface area contributed by atoms with E-state index in [0.29, 0.717) is 18.7 Å². The van der Waals surface area contributed by atoms with Crippen molar-refractivity contribution >= 4 is 17.6 Å². The number of rotatable bonds is 3. The van der Waals surface area contributed by atoms with Gasteiger partial charge in [0.05, 0.1) is 11.8 Å². The molecule has 0 spiro atoms. The normalized spacial score (nSPS) is 25.5. The molecule has 0 radical (unpaired) electrons. The molecule has 5 nitrogen and oxygen atoms in total. The number of imide groups is 1. The van der Waals surface area contributed by atoms with Crippen molar-refractivity contribution in [1.82, 2.24) is 4.90 Å². The molecular formula is C15H18N2O3. The molecule has 20 heavy (non-hydrogen) atoms. The molecule has 2 aliphatic heterocycles. The molecule has 0 aliphatic carbocycles. The fraction of sp³-hybridized carbons (Fsp3) is 0.467.